The standard InChI is InChI=1S/C68H48N3O.Ir/c1-46-35-38-71-66(39-46)56-32-33-60(63(44-56)55-12-10-11-53(43-55)54-31-34-62-61-15-4-5-18-67(61)72-68(62)45-54)59-14-3-2-13-58(59)57-41-49(21-19-47-23-27-51(28-24-47)64-16-6-8-36-69-64)40-50(42-57)22-20-48-25-29-52(30-26-48)65-17-7-9-37-70-65;/h2-18,23-27,29,31,33-45H,19-22H2,1H3;/q-3;+3/i1D3;. The van der Waals surface area contributed by atoms with Crippen LogP contribution in [0.4, 0.5) is 0 Å². The van der Waals surface area contributed by atoms with Crippen molar-refractivity contribution in [3.8, 4) is 78.3 Å². The molecular formula is C68H48IrN3O. The van der Waals surface area contributed by atoms with Gasteiger partial charge >= 0.3 is 20.1 Å². The average molecular weight is 1120 g/mol. The normalized spacial score (nSPS) is 12.0. The van der Waals surface area contributed by atoms with E-state index in [2.05, 4.69) is 167 Å². The number of fused-ring (bicyclic) bond motifs is 3. The number of furan rings is 1. The predicted molar refractivity (Wildman–Crippen MR) is 294 cm³/mol. The van der Waals surface area contributed by atoms with E-state index in [1.165, 1.54) is 22.3 Å². The number of rotatable bonds is 13. The van der Waals surface area contributed by atoms with Crippen LogP contribution >= 0.6 is 0 Å². The van der Waals surface area contributed by atoms with E-state index >= 15 is 0 Å². The molecule has 0 aliphatic rings. The molecule has 0 aliphatic carbocycles. The molecular weight excluding hydrogens is 1070 g/mol. The number of hydrogen-bond donors (Lipinski definition) is 0. The first-order valence-corrected chi connectivity index (χ1v) is 24.4. The summed E-state index contributed by atoms with van der Waals surface area (Å²) in [6.45, 7) is -2.28. The number of aromatic nitrogens is 3. The molecule has 0 amide bonds. The van der Waals surface area contributed by atoms with Crippen LogP contribution in [0.3, 0.4) is 0 Å². The quantitative estimate of drug-likeness (QED) is 0.108. The Bertz CT molecular complexity index is 3880. The van der Waals surface area contributed by atoms with E-state index in [-0.39, 0.29) is 25.7 Å². The first kappa shape index (κ1) is 43.4. The Morgan fingerprint density at radius 3 is 1.68 bits per heavy atom. The fourth-order valence-electron chi connectivity index (χ4n) is 9.79. The molecule has 8 aromatic carbocycles. The molecule has 5 heteroatoms. The Balaban J connectivity index is 0.00000616. The second kappa shape index (κ2) is 21.2. The van der Waals surface area contributed by atoms with Gasteiger partial charge in [0.2, 0.25) is 0 Å². The summed E-state index contributed by atoms with van der Waals surface area (Å²) in [4.78, 5) is 13.7. The van der Waals surface area contributed by atoms with Gasteiger partial charge in [0.1, 0.15) is 11.2 Å². The van der Waals surface area contributed by atoms with Gasteiger partial charge in [0.25, 0.3) is 0 Å². The minimum absolute atomic E-state index is 0. The summed E-state index contributed by atoms with van der Waals surface area (Å²) in [5.74, 6) is 0. The zero-order valence-corrected chi connectivity index (χ0v) is 42.2. The van der Waals surface area contributed by atoms with Gasteiger partial charge in [-0.1, -0.05) is 150 Å². The van der Waals surface area contributed by atoms with Crippen LogP contribution in [-0.2, 0) is 45.8 Å². The Hall–Kier alpha value is -8.34. The molecule has 4 aromatic heterocycles. The van der Waals surface area contributed by atoms with Crippen LogP contribution in [0, 0.1) is 25.1 Å². The fraction of sp³-hybridized carbons (Fsp3) is 0.0735. The molecule has 0 aliphatic heterocycles. The molecule has 12 rings (SSSR count). The summed E-state index contributed by atoms with van der Waals surface area (Å²) in [5, 5.41) is 2.17. The van der Waals surface area contributed by atoms with Crippen molar-refractivity contribution < 1.29 is 28.6 Å². The molecule has 0 radical (unpaired) electrons. The van der Waals surface area contributed by atoms with Crippen LogP contribution in [0.5, 0.6) is 0 Å². The minimum atomic E-state index is -2.28. The van der Waals surface area contributed by atoms with E-state index in [0.29, 0.717) is 11.3 Å². The summed E-state index contributed by atoms with van der Waals surface area (Å²) < 4.78 is 30.9. The number of aryl methyl sites for hydroxylation is 5. The third-order valence-corrected chi connectivity index (χ3v) is 13.5. The largest absolute Gasteiger partial charge is 3.00 e. The molecule has 350 valence electrons. The maximum atomic E-state index is 8.17. The van der Waals surface area contributed by atoms with E-state index in [4.69, 9.17) is 8.53 Å². The second-order valence-electron chi connectivity index (χ2n) is 18.2. The van der Waals surface area contributed by atoms with Crippen molar-refractivity contribution in [1.82, 2.24) is 15.0 Å². The van der Waals surface area contributed by atoms with Gasteiger partial charge in [-0.15, -0.1) is 94.5 Å². The Labute approximate surface area is 444 Å². The molecule has 0 bridgehead atoms. The van der Waals surface area contributed by atoms with Gasteiger partial charge in [-0.3, -0.25) is 0 Å². The molecule has 0 saturated heterocycles. The second-order valence-corrected chi connectivity index (χ2v) is 18.2. The predicted octanol–water partition coefficient (Wildman–Crippen LogP) is 16.7. The minimum Gasteiger partial charge on any atom is -0.456 e. The van der Waals surface area contributed by atoms with Gasteiger partial charge in [0.05, 0.1) is 0 Å². The van der Waals surface area contributed by atoms with Crippen LogP contribution in [0.25, 0.3) is 100 Å². The van der Waals surface area contributed by atoms with Gasteiger partial charge in [0, 0.05) is 33.5 Å². The zero-order chi connectivity index (χ0) is 50.7. The number of hydrogen-bond acceptors (Lipinski definition) is 4. The topological polar surface area (TPSA) is 51.8 Å². The fourth-order valence-corrected chi connectivity index (χ4v) is 9.79. The summed E-state index contributed by atoms with van der Waals surface area (Å²) in [7, 11) is 0. The Kier molecular flexibility index (Phi) is 12.6. The van der Waals surface area contributed by atoms with Crippen LogP contribution in [0.1, 0.15) is 31.9 Å². The zero-order valence-electron chi connectivity index (χ0n) is 42.8. The van der Waals surface area contributed by atoms with E-state index in [0.717, 1.165) is 115 Å². The van der Waals surface area contributed by atoms with Crippen molar-refractivity contribution in [2.75, 3.05) is 0 Å². The third-order valence-electron chi connectivity index (χ3n) is 13.5. The first-order chi connectivity index (χ1) is 36.8. The summed E-state index contributed by atoms with van der Waals surface area (Å²) in [6, 6.07) is 81.4. The molecule has 73 heavy (non-hydrogen) atoms. The van der Waals surface area contributed by atoms with E-state index in [1.807, 2.05) is 73.1 Å². The molecule has 0 fully saturated rings. The monoisotopic (exact) mass is 1120 g/mol. The van der Waals surface area contributed by atoms with Crippen molar-refractivity contribution in [1.29, 1.82) is 0 Å². The van der Waals surface area contributed by atoms with Gasteiger partial charge in [-0.2, -0.15) is 0 Å². The molecule has 0 unspecified atom stereocenters. The average Bonchev–Trinajstić information content (AvgIpc) is 3.85. The maximum Gasteiger partial charge on any atom is 3.00 e. The summed E-state index contributed by atoms with van der Waals surface area (Å²) in [5.41, 5.74) is 20.2. The summed E-state index contributed by atoms with van der Waals surface area (Å²) >= 11 is 0. The first-order valence-electron chi connectivity index (χ1n) is 25.9. The third kappa shape index (κ3) is 10.3. The van der Waals surface area contributed by atoms with Crippen molar-refractivity contribution in [3.63, 3.8) is 0 Å². The molecule has 0 spiro atoms. The number of nitrogens with zero attached hydrogens (tertiary/aromatic N) is 3. The molecule has 0 N–H and O–H groups in total. The van der Waals surface area contributed by atoms with Gasteiger partial charge < -0.3 is 19.4 Å². The number of para-hydroxylation sites is 1. The van der Waals surface area contributed by atoms with Crippen LogP contribution in [0.15, 0.2) is 229 Å². The van der Waals surface area contributed by atoms with E-state index in [1.54, 1.807) is 18.3 Å². The molecule has 4 heterocycles. The van der Waals surface area contributed by atoms with Gasteiger partial charge in [-0.05, 0) is 118 Å². The maximum absolute atomic E-state index is 8.17. The Morgan fingerprint density at radius 1 is 0.384 bits per heavy atom. The van der Waals surface area contributed by atoms with E-state index in [9.17, 15) is 0 Å². The van der Waals surface area contributed by atoms with Crippen LogP contribution in [0.2, 0.25) is 0 Å². The number of pyridine rings is 3. The molecule has 0 atom stereocenters. The smallest absolute Gasteiger partial charge is 0.456 e. The van der Waals surface area contributed by atoms with Gasteiger partial charge in [0.15, 0.2) is 0 Å². The SMILES string of the molecule is [2H]C([2H])([2H])c1ccnc(-c2[c-]cc(-c3ccccc3-c3cc(CCc4c[c-]c(-c5ccccn5)cc4)cc(CCc4c[c-]c(-c5ccccn5)cc4)c3)c(-c3cccc(-c4ccc5c(c4)oc4ccccc45)c3)c2)c1.[Ir+3]. The van der Waals surface area contributed by atoms with Crippen molar-refractivity contribution in [2.45, 2.75) is 32.5 Å². The van der Waals surface area contributed by atoms with E-state index < -0.39 is 6.85 Å². The van der Waals surface area contributed by atoms with Crippen molar-refractivity contribution in [2.24, 2.45) is 0 Å². The molecule has 12 aromatic rings. The van der Waals surface area contributed by atoms with Crippen molar-refractivity contribution in [3.05, 3.63) is 271 Å². The van der Waals surface area contributed by atoms with Crippen LogP contribution < -0.4 is 0 Å². The van der Waals surface area contributed by atoms with Crippen LogP contribution in [-0.4, -0.2) is 15.0 Å². The molecule has 4 nitrogen and oxygen atoms in total. The summed E-state index contributed by atoms with van der Waals surface area (Å²) in [6.07, 6.45) is 8.58. The van der Waals surface area contributed by atoms with Crippen molar-refractivity contribution >= 4 is 21.9 Å². The number of benzene rings is 8. The molecule has 0 saturated carbocycles. The van der Waals surface area contributed by atoms with Gasteiger partial charge in [-0.25, -0.2) is 0 Å². The Morgan fingerprint density at radius 2 is 1.00 bits per heavy atom.